The zero-order valence-electron chi connectivity index (χ0n) is 34.9. The van der Waals surface area contributed by atoms with Gasteiger partial charge in [0, 0.05) is 11.1 Å². The molecule has 0 aliphatic heterocycles. The maximum atomic E-state index is 8.24. The molecule has 10 aromatic rings. The third kappa shape index (κ3) is 6.92. The van der Waals surface area contributed by atoms with Gasteiger partial charge in [-0.25, -0.2) is 9.84 Å². The number of hydrogen-bond donors (Lipinski definition) is 1. The molecule has 4 heteroatoms. The maximum Gasteiger partial charge on any atom is 0.195 e. The van der Waals surface area contributed by atoms with Crippen LogP contribution in [0.15, 0.2) is 228 Å². The molecular formula is C60H40N4. The third-order valence-corrected chi connectivity index (χ3v) is 12.4. The molecule has 1 aliphatic carbocycles. The van der Waals surface area contributed by atoms with Gasteiger partial charge in [-0.05, 0) is 106 Å². The van der Waals surface area contributed by atoms with Gasteiger partial charge in [-0.1, -0.05) is 206 Å². The monoisotopic (exact) mass is 816 g/mol. The Morgan fingerprint density at radius 3 is 1.84 bits per heavy atom. The van der Waals surface area contributed by atoms with Crippen LogP contribution in [-0.4, -0.2) is 11.7 Å². The van der Waals surface area contributed by atoms with E-state index in [0.717, 1.165) is 60.8 Å². The first-order chi connectivity index (χ1) is 31.6. The van der Waals surface area contributed by atoms with Gasteiger partial charge in [0.05, 0.1) is 13.1 Å². The van der Waals surface area contributed by atoms with Crippen molar-refractivity contribution in [2.45, 2.75) is 6.54 Å². The number of nitrogens with two attached hydrogens (primary N) is 1. The van der Waals surface area contributed by atoms with E-state index in [4.69, 9.17) is 22.3 Å². The summed E-state index contributed by atoms with van der Waals surface area (Å²) in [5.41, 5.74) is 23.8. The highest BCUT2D eigenvalue weighted by atomic mass is 15.0. The minimum absolute atomic E-state index is 0.417. The van der Waals surface area contributed by atoms with Gasteiger partial charge in [0.25, 0.3) is 0 Å². The summed E-state index contributed by atoms with van der Waals surface area (Å²) in [6.45, 7) is 8.66. The van der Waals surface area contributed by atoms with Crippen LogP contribution in [0.25, 0.3) is 93.2 Å². The van der Waals surface area contributed by atoms with E-state index in [-0.39, 0.29) is 0 Å². The fourth-order valence-electron chi connectivity index (χ4n) is 9.32. The minimum Gasteiger partial charge on any atom is -0.383 e. The molecule has 0 aromatic heterocycles. The first-order valence-electron chi connectivity index (χ1n) is 21.5. The lowest BCUT2D eigenvalue weighted by atomic mass is 9.88. The van der Waals surface area contributed by atoms with Crippen LogP contribution in [0.3, 0.4) is 0 Å². The summed E-state index contributed by atoms with van der Waals surface area (Å²) in [5, 5.41) is 4.76. The van der Waals surface area contributed by atoms with Crippen LogP contribution < -0.4 is 5.73 Å². The molecule has 0 saturated carbocycles. The molecule has 10 aromatic carbocycles. The average molecular weight is 817 g/mol. The van der Waals surface area contributed by atoms with E-state index in [0.29, 0.717) is 23.9 Å². The molecule has 64 heavy (non-hydrogen) atoms. The summed E-state index contributed by atoms with van der Waals surface area (Å²) in [5.74, 6) is 0.991. The van der Waals surface area contributed by atoms with E-state index in [2.05, 4.69) is 157 Å². The van der Waals surface area contributed by atoms with Crippen molar-refractivity contribution in [3.05, 3.63) is 246 Å². The summed E-state index contributed by atoms with van der Waals surface area (Å²) < 4.78 is 0. The standard InChI is InChI=1S/C60H40N4/c1-62-56-29-13-25-50(41-32-30-39(31-33-41)38-63-60(43-15-3-2-4-16-43)64-59(61)54-28-10-17-40-14-5-6-22-47(40)54)58(56)46-21-9-20-44(36-46)48-23-7-8-24-49(48)45-34-35-51-52-26-11-18-42-19-12-27-53(57(42)52)55(51)37-45/h2-37H,38H2,(H2,61,63,64). The zero-order chi connectivity index (χ0) is 43.0. The lowest BCUT2D eigenvalue weighted by molar-refractivity contribution is 1.06. The molecule has 0 spiro atoms. The quantitative estimate of drug-likeness (QED) is 0.0927. The number of amidine groups is 2. The van der Waals surface area contributed by atoms with Gasteiger partial charge in [0.2, 0.25) is 0 Å². The lowest BCUT2D eigenvalue weighted by Gasteiger charge is -2.16. The molecule has 0 amide bonds. The van der Waals surface area contributed by atoms with Gasteiger partial charge in [0.15, 0.2) is 11.5 Å². The van der Waals surface area contributed by atoms with Gasteiger partial charge < -0.3 is 5.73 Å². The molecule has 11 rings (SSSR count). The Labute approximate surface area is 372 Å². The topological polar surface area (TPSA) is 55.1 Å². The van der Waals surface area contributed by atoms with Gasteiger partial charge in [0.1, 0.15) is 5.84 Å². The Balaban J connectivity index is 0.915. The molecule has 0 saturated heterocycles. The summed E-state index contributed by atoms with van der Waals surface area (Å²) in [7, 11) is 0. The summed E-state index contributed by atoms with van der Waals surface area (Å²) in [6.07, 6.45) is 0. The van der Waals surface area contributed by atoms with Crippen molar-refractivity contribution in [1.82, 2.24) is 0 Å². The molecule has 0 heterocycles. The third-order valence-electron chi connectivity index (χ3n) is 12.4. The van der Waals surface area contributed by atoms with Crippen molar-refractivity contribution in [2.75, 3.05) is 0 Å². The van der Waals surface area contributed by atoms with E-state index in [9.17, 15) is 0 Å². The highest BCUT2D eigenvalue weighted by molar-refractivity contribution is 6.17. The van der Waals surface area contributed by atoms with Gasteiger partial charge in [-0.3, -0.25) is 4.99 Å². The number of fused-ring (bicyclic) bond motifs is 4. The summed E-state index contributed by atoms with van der Waals surface area (Å²) in [4.78, 5) is 14.0. The Morgan fingerprint density at radius 2 is 1.05 bits per heavy atom. The second kappa shape index (κ2) is 16.3. The molecule has 0 bridgehead atoms. The van der Waals surface area contributed by atoms with Crippen molar-refractivity contribution in [1.29, 1.82) is 0 Å². The SMILES string of the molecule is [C-]#[N+]c1cccc(-c2ccc(CN=C(N=C(N)c3cccc4ccccc34)c3ccccc3)cc2)c1-c1cccc(-c2ccccc2-c2ccc3c(c2)-c2cccc4cccc-3c24)c1. The first kappa shape index (κ1) is 38.3. The predicted octanol–water partition coefficient (Wildman–Crippen LogP) is 15.2. The smallest absolute Gasteiger partial charge is 0.195 e. The number of nitrogens with zero attached hydrogens (tertiary/aromatic N) is 3. The van der Waals surface area contributed by atoms with Crippen molar-refractivity contribution in [3.63, 3.8) is 0 Å². The fraction of sp³-hybridized carbons (Fsp3) is 0.0167. The van der Waals surface area contributed by atoms with Crippen molar-refractivity contribution >= 4 is 38.9 Å². The Morgan fingerprint density at radius 1 is 0.453 bits per heavy atom. The van der Waals surface area contributed by atoms with E-state index in [1.54, 1.807) is 0 Å². The van der Waals surface area contributed by atoms with Crippen LogP contribution in [0.4, 0.5) is 5.69 Å². The number of benzene rings is 10. The molecule has 300 valence electrons. The summed E-state index contributed by atoms with van der Waals surface area (Å²) >= 11 is 0. The minimum atomic E-state index is 0.417. The van der Waals surface area contributed by atoms with Gasteiger partial charge in [-0.2, -0.15) is 0 Å². The van der Waals surface area contributed by atoms with Crippen LogP contribution in [-0.2, 0) is 6.54 Å². The number of aliphatic imine (C=N–C) groups is 2. The Kier molecular flexibility index (Phi) is 9.76. The molecule has 2 N–H and O–H groups in total. The van der Waals surface area contributed by atoms with E-state index in [1.807, 2.05) is 66.7 Å². The predicted molar refractivity (Wildman–Crippen MR) is 268 cm³/mol. The average Bonchev–Trinajstić information content (AvgIpc) is 3.69. The Bertz CT molecular complexity index is 3530. The van der Waals surface area contributed by atoms with Crippen molar-refractivity contribution < 1.29 is 0 Å². The van der Waals surface area contributed by atoms with E-state index < -0.39 is 0 Å². The van der Waals surface area contributed by atoms with E-state index in [1.165, 1.54) is 44.2 Å². The van der Waals surface area contributed by atoms with Crippen molar-refractivity contribution in [3.8, 4) is 66.8 Å². The van der Waals surface area contributed by atoms with Crippen molar-refractivity contribution in [2.24, 2.45) is 15.7 Å². The Hall–Kier alpha value is -8.65. The molecule has 0 unspecified atom stereocenters. The molecule has 0 radical (unpaired) electrons. The number of hydrogen-bond acceptors (Lipinski definition) is 1. The van der Waals surface area contributed by atoms with Crippen LogP contribution in [0.2, 0.25) is 0 Å². The van der Waals surface area contributed by atoms with Crippen LogP contribution in [0, 0.1) is 6.57 Å². The van der Waals surface area contributed by atoms with E-state index >= 15 is 0 Å². The molecule has 1 aliphatic rings. The van der Waals surface area contributed by atoms with Gasteiger partial charge >= 0.3 is 0 Å². The normalized spacial score (nSPS) is 12.0. The molecule has 4 nitrogen and oxygen atoms in total. The largest absolute Gasteiger partial charge is 0.383 e. The highest BCUT2D eigenvalue weighted by Crippen LogP contribution is 2.49. The maximum absolute atomic E-state index is 8.24. The summed E-state index contributed by atoms with van der Waals surface area (Å²) in [6, 6.07) is 76.0. The first-order valence-corrected chi connectivity index (χ1v) is 21.5. The zero-order valence-corrected chi connectivity index (χ0v) is 34.9. The molecular weight excluding hydrogens is 777 g/mol. The highest BCUT2D eigenvalue weighted by Gasteiger charge is 2.22. The fourth-order valence-corrected chi connectivity index (χ4v) is 9.32. The second-order valence-corrected chi connectivity index (χ2v) is 16.1. The van der Waals surface area contributed by atoms with Crippen LogP contribution >= 0.6 is 0 Å². The number of rotatable bonds is 8. The second-order valence-electron chi connectivity index (χ2n) is 16.1. The lowest BCUT2D eigenvalue weighted by Crippen LogP contribution is -2.17. The molecule has 0 fully saturated rings. The van der Waals surface area contributed by atoms with Crippen LogP contribution in [0.1, 0.15) is 16.7 Å². The van der Waals surface area contributed by atoms with Crippen LogP contribution in [0.5, 0.6) is 0 Å². The van der Waals surface area contributed by atoms with Gasteiger partial charge in [-0.15, -0.1) is 0 Å². The molecule has 0 atom stereocenters.